The first-order valence-corrected chi connectivity index (χ1v) is 8.15. The summed E-state index contributed by atoms with van der Waals surface area (Å²) in [6.45, 7) is 9.93. The third-order valence-corrected chi connectivity index (χ3v) is 3.57. The van der Waals surface area contributed by atoms with Gasteiger partial charge in [-0.15, -0.1) is 0 Å². The Morgan fingerprint density at radius 1 is 1.35 bits per heavy atom. The molecule has 0 aliphatic rings. The standard InChI is InChI=1S/C16H27BrN2O/c1-5-8-18-12-14-11-15(17)6-7-16(14)19(4)9-10-20-13(2)3/h6-7,11,13,18H,5,8-10,12H2,1-4H3. The molecule has 1 aromatic rings. The van der Waals surface area contributed by atoms with Gasteiger partial charge in [-0.05, 0) is 50.6 Å². The molecule has 0 aliphatic heterocycles. The zero-order chi connectivity index (χ0) is 15.0. The summed E-state index contributed by atoms with van der Waals surface area (Å²) in [4.78, 5) is 2.26. The maximum atomic E-state index is 5.63. The normalized spacial score (nSPS) is 11.1. The fourth-order valence-electron chi connectivity index (χ4n) is 2.01. The summed E-state index contributed by atoms with van der Waals surface area (Å²) >= 11 is 3.56. The number of rotatable bonds is 9. The summed E-state index contributed by atoms with van der Waals surface area (Å²) in [6, 6.07) is 6.46. The largest absolute Gasteiger partial charge is 0.377 e. The monoisotopic (exact) mass is 342 g/mol. The highest BCUT2D eigenvalue weighted by Gasteiger charge is 2.08. The molecule has 20 heavy (non-hydrogen) atoms. The summed E-state index contributed by atoms with van der Waals surface area (Å²) in [5, 5.41) is 3.47. The molecule has 0 aromatic heterocycles. The van der Waals surface area contributed by atoms with Crippen LogP contribution in [0.4, 0.5) is 5.69 Å². The average molecular weight is 343 g/mol. The zero-order valence-electron chi connectivity index (χ0n) is 13.1. The SMILES string of the molecule is CCCNCc1cc(Br)ccc1N(C)CCOC(C)C. The van der Waals surface area contributed by atoms with E-state index in [9.17, 15) is 0 Å². The van der Waals surface area contributed by atoms with E-state index in [0.29, 0.717) is 6.10 Å². The zero-order valence-corrected chi connectivity index (χ0v) is 14.7. The first-order chi connectivity index (χ1) is 9.54. The van der Waals surface area contributed by atoms with Crippen LogP contribution in [0.5, 0.6) is 0 Å². The lowest BCUT2D eigenvalue weighted by Gasteiger charge is -2.23. The smallest absolute Gasteiger partial charge is 0.0644 e. The molecule has 0 unspecified atom stereocenters. The fourth-order valence-corrected chi connectivity index (χ4v) is 2.42. The van der Waals surface area contributed by atoms with Gasteiger partial charge in [-0.1, -0.05) is 22.9 Å². The molecule has 0 aliphatic carbocycles. The molecule has 1 rings (SSSR count). The van der Waals surface area contributed by atoms with Crippen molar-refractivity contribution in [1.29, 1.82) is 0 Å². The molecule has 0 spiro atoms. The van der Waals surface area contributed by atoms with Crippen LogP contribution in [-0.2, 0) is 11.3 Å². The second kappa shape index (κ2) is 9.37. The maximum Gasteiger partial charge on any atom is 0.0644 e. The molecule has 0 fully saturated rings. The molecular formula is C16H27BrN2O. The van der Waals surface area contributed by atoms with Crippen molar-refractivity contribution >= 4 is 21.6 Å². The lowest BCUT2D eigenvalue weighted by molar-refractivity contribution is 0.0846. The van der Waals surface area contributed by atoms with Crippen molar-refractivity contribution in [1.82, 2.24) is 5.32 Å². The number of hydrogen-bond donors (Lipinski definition) is 1. The van der Waals surface area contributed by atoms with E-state index < -0.39 is 0 Å². The summed E-state index contributed by atoms with van der Waals surface area (Å²) in [5.41, 5.74) is 2.59. The molecule has 0 radical (unpaired) electrons. The number of anilines is 1. The maximum absolute atomic E-state index is 5.63. The Hall–Kier alpha value is -0.580. The van der Waals surface area contributed by atoms with Crippen molar-refractivity contribution in [3.8, 4) is 0 Å². The molecule has 0 amide bonds. The quantitative estimate of drug-likeness (QED) is 0.690. The lowest BCUT2D eigenvalue weighted by Crippen LogP contribution is -2.26. The third kappa shape index (κ3) is 6.25. The van der Waals surface area contributed by atoms with Gasteiger partial charge in [0, 0.05) is 30.3 Å². The van der Waals surface area contributed by atoms with Crippen LogP contribution < -0.4 is 10.2 Å². The molecule has 0 bridgehead atoms. The van der Waals surface area contributed by atoms with Gasteiger partial charge in [0.25, 0.3) is 0 Å². The fraction of sp³-hybridized carbons (Fsp3) is 0.625. The number of ether oxygens (including phenoxy) is 1. The lowest BCUT2D eigenvalue weighted by atomic mass is 10.1. The second-order valence-electron chi connectivity index (χ2n) is 5.29. The predicted octanol–water partition coefficient (Wildman–Crippen LogP) is 3.81. The van der Waals surface area contributed by atoms with Crippen molar-refractivity contribution in [2.75, 3.05) is 31.6 Å². The Labute approximate surface area is 131 Å². The van der Waals surface area contributed by atoms with E-state index in [4.69, 9.17) is 4.74 Å². The van der Waals surface area contributed by atoms with Gasteiger partial charge < -0.3 is 15.0 Å². The van der Waals surface area contributed by atoms with Gasteiger partial charge >= 0.3 is 0 Å². The topological polar surface area (TPSA) is 24.5 Å². The van der Waals surface area contributed by atoms with Gasteiger partial charge in [-0.3, -0.25) is 0 Å². The molecular weight excluding hydrogens is 316 g/mol. The van der Waals surface area contributed by atoms with Gasteiger partial charge in [-0.2, -0.15) is 0 Å². The molecule has 1 N–H and O–H groups in total. The average Bonchev–Trinajstić information content (AvgIpc) is 2.38. The van der Waals surface area contributed by atoms with E-state index >= 15 is 0 Å². The minimum atomic E-state index is 0.291. The molecule has 0 atom stereocenters. The molecule has 4 heteroatoms. The van der Waals surface area contributed by atoms with Crippen LogP contribution in [0, 0.1) is 0 Å². The van der Waals surface area contributed by atoms with Gasteiger partial charge in [0.2, 0.25) is 0 Å². The van der Waals surface area contributed by atoms with E-state index in [2.05, 4.69) is 72.2 Å². The van der Waals surface area contributed by atoms with Gasteiger partial charge in [0.05, 0.1) is 12.7 Å². The van der Waals surface area contributed by atoms with Crippen LogP contribution >= 0.6 is 15.9 Å². The van der Waals surface area contributed by atoms with E-state index in [1.54, 1.807) is 0 Å². The third-order valence-electron chi connectivity index (χ3n) is 3.07. The van der Waals surface area contributed by atoms with Crippen LogP contribution in [0.25, 0.3) is 0 Å². The van der Waals surface area contributed by atoms with E-state index in [0.717, 1.165) is 37.1 Å². The highest BCUT2D eigenvalue weighted by molar-refractivity contribution is 9.10. The molecule has 1 aromatic carbocycles. The Morgan fingerprint density at radius 3 is 2.75 bits per heavy atom. The Kier molecular flexibility index (Phi) is 8.19. The molecule has 114 valence electrons. The van der Waals surface area contributed by atoms with Crippen LogP contribution in [0.2, 0.25) is 0 Å². The van der Waals surface area contributed by atoms with Crippen molar-refractivity contribution in [3.05, 3.63) is 28.2 Å². The Balaban J connectivity index is 2.66. The number of nitrogens with zero attached hydrogens (tertiary/aromatic N) is 1. The number of nitrogens with one attached hydrogen (secondary N) is 1. The predicted molar refractivity (Wildman–Crippen MR) is 90.5 cm³/mol. The van der Waals surface area contributed by atoms with Gasteiger partial charge in [-0.25, -0.2) is 0 Å². The van der Waals surface area contributed by atoms with E-state index in [1.165, 1.54) is 11.3 Å². The summed E-state index contributed by atoms with van der Waals surface area (Å²) < 4.78 is 6.76. The summed E-state index contributed by atoms with van der Waals surface area (Å²) in [7, 11) is 2.12. The summed E-state index contributed by atoms with van der Waals surface area (Å²) in [6.07, 6.45) is 1.44. The van der Waals surface area contributed by atoms with Crippen molar-refractivity contribution < 1.29 is 4.74 Å². The molecule has 0 saturated heterocycles. The van der Waals surface area contributed by atoms with Crippen LogP contribution in [0.1, 0.15) is 32.8 Å². The number of benzene rings is 1. The van der Waals surface area contributed by atoms with Crippen molar-refractivity contribution in [2.24, 2.45) is 0 Å². The Bertz CT molecular complexity index is 396. The second-order valence-corrected chi connectivity index (χ2v) is 6.21. The van der Waals surface area contributed by atoms with Crippen molar-refractivity contribution in [2.45, 2.75) is 39.8 Å². The molecule has 3 nitrogen and oxygen atoms in total. The highest BCUT2D eigenvalue weighted by Crippen LogP contribution is 2.23. The van der Waals surface area contributed by atoms with Gasteiger partial charge in [0.15, 0.2) is 0 Å². The number of likely N-dealkylation sites (N-methyl/N-ethyl adjacent to an activating group) is 1. The van der Waals surface area contributed by atoms with Crippen LogP contribution in [0.15, 0.2) is 22.7 Å². The minimum Gasteiger partial charge on any atom is -0.377 e. The van der Waals surface area contributed by atoms with Gasteiger partial charge in [0.1, 0.15) is 0 Å². The molecule has 0 heterocycles. The highest BCUT2D eigenvalue weighted by atomic mass is 79.9. The molecule has 0 saturated carbocycles. The first kappa shape index (κ1) is 17.5. The number of hydrogen-bond acceptors (Lipinski definition) is 3. The minimum absolute atomic E-state index is 0.291. The first-order valence-electron chi connectivity index (χ1n) is 7.36. The summed E-state index contributed by atoms with van der Waals surface area (Å²) in [5.74, 6) is 0. The number of halogens is 1. The van der Waals surface area contributed by atoms with Crippen LogP contribution in [0.3, 0.4) is 0 Å². The Morgan fingerprint density at radius 2 is 2.10 bits per heavy atom. The van der Waals surface area contributed by atoms with Crippen molar-refractivity contribution in [3.63, 3.8) is 0 Å². The van der Waals surface area contributed by atoms with E-state index in [-0.39, 0.29) is 0 Å². The van der Waals surface area contributed by atoms with Crippen LogP contribution in [-0.4, -0.2) is 32.8 Å². The van der Waals surface area contributed by atoms with E-state index in [1.807, 2.05) is 0 Å².